The molecule has 1 fully saturated rings. The molecule has 4 amide bonds. The number of aromatic nitrogens is 1. The van der Waals surface area contributed by atoms with Gasteiger partial charge in [0, 0.05) is 37.2 Å². The number of hydrogen-bond donors (Lipinski definition) is 2. The Morgan fingerprint density at radius 1 is 1.07 bits per heavy atom. The van der Waals surface area contributed by atoms with Crippen molar-refractivity contribution in [3.05, 3.63) is 40.9 Å². The predicted octanol–water partition coefficient (Wildman–Crippen LogP) is 3.01. The second kappa shape index (κ2) is 9.37. The molecule has 0 saturated carbocycles. The van der Waals surface area contributed by atoms with E-state index in [0.717, 1.165) is 5.56 Å². The highest BCUT2D eigenvalue weighted by atomic mass is 32.1. The van der Waals surface area contributed by atoms with Crippen LogP contribution in [0, 0.1) is 6.92 Å². The highest BCUT2D eigenvalue weighted by Gasteiger charge is 2.26. The minimum absolute atomic E-state index is 0.225. The van der Waals surface area contributed by atoms with E-state index in [0.29, 0.717) is 43.6 Å². The zero-order valence-corrected chi connectivity index (χ0v) is 17.1. The fourth-order valence-electron chi connectivity index (χ4n) is 2.79. The second-order valence-corrected chi connectivity index (χ2v) is 7.32. The summed E-state index contributed by atoms with van der Waals surface area (Å²) in [6.07, 6.45) is -0.362. The highest BCUT2D eigenvalue weighted by Crippen LogP contribution is 2.18. The Morgan fingerprint density at radius 3 is 2.38 bits per heavy atom. The van der Waals surface area contributed by atoms with E-state index in [4.69, 9.17) is 4.74 Å². The lowest BCUT2D eigenvalue weighted by Crippen LogP contribution is -2.50. The Hall–Kier alpha value is -3.14. The monoisotopic (exact) mass is 417 g/mol. The molecule has 9 nitrogen and oxygen atoms in total. The molecule has 1 aromatic heterocycles. The number of rotatable bonds is 4. The summed E-state index contributed by atoms with van der Waals surface area (Å²) in [7, 11) is 0. The lowest BCUT2D eigenvalue weighted by Gasteiger charge is -2.33. The Labute approximate surface area is 172 Å². The summed E-state index contributed by atoms with van der Waals surface area (Å²) >= 11 is 1.18. The minimum Gasteiger partial charge on any atom is -0.450 e. The van der Waals surface area contributed by atoms with Gasteiger partial charge < -0.3 is 19.9 Å². The molecule has 0 bridgehead atoms. The summed E-state index contributed by atoms with van der Waals surface area (Å²) in [4.78, 5) is 43.9. The third kappa shape index (κ3) is 5.44. The zero-order valence-electron chi connectivity index (χ0n) is 16.3. The van der Waals surface area contributed by atoms with Crippen LogP contribution in [0.1, 0.15) is 23.0 Å². The normalized spacial score (nSPS) is 13.7. The molecule has 0 radical (unpaired) electrons. The molecular formula is C19H23N5O4S. The Balaban J connectivity index is 1.51. The van der Waals surface area contributed by atoms with Crippen LogP contribution in [0.3, 0.4) is 0 Å². The van der Waals surface area contributed by atoms with Gasteiger partial charge in [-0.1, -0.05) is 17.7 Å². The van der Waals surface area contributed by atoms with Gasteiger partial charge >= 0.3 is 12.1 Å². The average molecular weight is 417 g/mol. The van der Waals surface area contributed by atoms with Crippen molar-refractivity contribution in [2.45, 2.75) is 13.8 Å². The number of hydrogen-bond acceptors (Lipinski definition) is 6. The van der Waals surface area contributed by atoms with E-state index in [9.17, 15) is 14.4 Å². The number of carbonyl (C=O) groups excluding carboxylic acids is 3. The van der Waals surface area contributed by atoms with Crippen molar-refractivity contribution in [3.63, 3.8) is 0 Å². The Bertz CT molecular complexity index is 875. The van der Waals surface area contributed by atoms with Gasteiger partial charge in [0.2, 0.25) is 0 Å². The second-order valence-electron chi connectivity index (χ2n) is 6.46. The van der Waals surface area contributed by atoms with Crippen LogP contribution in [0.5, 0.6) is 0 Å². The van der Waals surface area contributed by atoms with E-state index in [-0.39, 0.29) is 17.7 Å². The summed E-state index contributed by atoms with van der Waals surface area (Å²) in [6.45, 7) is 5.70. The molecule has 2 heterocycles. The topological polar surface area (TPSA) is 104 Å². The van der Waals surface area contributed by atoms with E-state index < -0.39 is 6.03 Å². The highest BCUT2D eigenvalue weighted by molar-refractivity contribution is 7.14. The fraction of sp³-hybridized carbons (Fsp3) is 0.368. The van der Waals surface area contributed by atoms with Crippen molar-refractivity contribution < 1.29 is 19.1 Å². The van der Waals surface area contributed by atoms with Gasteiger partial charge in [0.05, 0.1) is 6.61 Å². The first-order chi connectivity index (χ1) is 14.0. The van der Waals surface area contributed by atoms with Crippen LogP contribution in [-0.4, -0.2) is 65.6 Å². The fourth-order valence-corrected chi connectivity index (χ4v) is 3.47. The molecule has 0 spiro atoms. The number of ether oxygens (including phenoxy) is 1. The summed E-state index contributed by atoms with van der Waals surface area (Å²) in [5, 5.41) is 7.30. The molecule has 0 unspecified atom stereocenters. The van der Waals surface area contributed by atoms with Crippen LogP contribution in [0.25, 0.3) is 0 Å². The molecule has 29 heavy (non-hydrogen) atoms. The standard InChI is InChI=1S/C19H23N5O4S/c1-3-28-19(27)24-10-8-23(9-11-24)16(25)15-12-29-18(21-15)22-17(26)20-14-6-4-13(2)5-7-14/h4-7,12H,3,8-11H2,1-2H3,(H2,20,21,22,26). The lowest BCUT2D eigenvalue weighted by atomic mass is 10.2. The van der Waals surface area contributed by atoms with Gasteiger partial charge in [0.1, 0.15) is 5.69 Å². The summed E-state index contributed by atoms with van der Waals surface area (Å²) < 4.78 is 4.98. The van der Waals surface area contributed by atoms with Gasteiger partial charge in [-0.15, -0.1) is 11.3 Å². The van der Waals surface area contributed by atoms with Crippen molar-refractivity contribution >= 4 is 40.2 Å². The van der Waals surface area contributed by atoms with Gasteiger partial charge in [-0.05, 0) is 26.0 Å². The van der Waals surface area contributed by atoms with Crippen LogP contribution in [0.15, 0.2) is 29.6 Å². The molecule has 0 atom stereocenters. The number of piperazine rings is 1. The number of carbonyl (C=O) groups is 3. The van der Waals surface area contributed by atoms with Gasteiger partial charge in [-0.3, -0.25) is 10.1 Å². The van der Waals surface area contributed by atoms with Crippen LogP contribution in [0.4, 0.5) is 20.4 Å². The quantitative estimate of drug-likeness (QED) is 0.796. The van der Waals surface area contributed by atoms with E-state index >= 15 is 0 Å². The van der Waals surface area contributed by atoms with Crippen molar-refractivity contribution in [2.24, 2.45) is 0 Å². The largest absolute Gasteiger partial charge is 0.450 e. The lowest BCUT2D eigenvalue weighted by molar-refractivity contribution is 0.0566. The van der Waals surface area contributed by atoms with Crippen LogP contribution in [0.2, 0.25) is 0 Å². The molecule has 2 aromatic rings. The van der Waals surface area contributed by atoms with Gasteiger partial charge in [0.25, 0.3) is 5.91 Å². The molecule has 1 aliphatic rings. The smallest absolute Gasteiger partial charge is 0.409 e. The molecule has 1 aliphatic heterocycles. The first-order valence-corrected chi connectivity index (χ1v) is 10.2. The molecule has 154 valence electrons. The van der Waals surface area contributed by atoms with Crippen molar-refractivity contribution in [2.75, 3.05) is 43.4 Å². The van der Waals surface area contributed by atoms with Gasteiger partial charge in [0.15, 0.2) is 5.13 Å². The number of aryl methyl sites for hydroxylation is 1. The third-order valence-electron chi connectivity index (χ3n) is 4.35. The summed E-state index contributed by atoms with van der Waals surface area (Å²) in [5.74, 6) is -0.225. The third-order valence-corrected chi connectivity index (χ3v) is 5.10. The molecule has 10 heteroatoms. The number of benzene rings is 1. The summed E-state index contributed by atoms with van der Waals surface area (Å²) in [5.41, 5.74) is 2.03. The first-order valence-electron chi connectivity index (χ1n) is 9.27. The molecule has 0 aliphatic carbocycles. The summed E-state index contributed by atoms with van der Waals surface area (Å²) in [6, 6.07) is 6.99. The van der Waals surface area contributed by atoms with Crippen LogP contribution < -0.4 is 10.6 Å². The maximum atomic E-state index is 12.6. The maximum absolute atomic E-state index is 12.6. The van der Waals surface area contributed by atoms with E-state index in [2.05, 4.69) is 15.6 Å². The number of nitrogens with one attached hydrogen (secondary N) is 2. The number of thiazole rings is 1. The SMILES string of the molecule is CCOC(=O)N1CCN(C(=O)c2csc(NC(=O)Nc3ccc(C)cc3)n2)CC1. The van der Waals surface area contributed by atoms with E-state index in [1.54, 1.807) is 22.1 Å². The number of nitrogens with zero attached hydrogens (tertiary/aromatic N) is 3. The van der Waals surface area contributed by atoms with Gasteiger partial charge in [-0.2, -0.15) is 0 Å². The van der Waals surface area contributed by atoms with E-state index in [1.165, 1.54) is 11.3 Å². The minimum atomic E-state index is -0.426. The molecule has 1 saturated heterocycles. The van der Waals surface area contributed by atoms with Crippen molar-refractivity contribution in [1.82, 2.24) is 14.8 Å². The average Bonchev–Trinajstić information content (AvgIpc) is 3.18. The Kier molecular flexibility index (Phi) is 6.65. The van der Waals surface area contributed by atoms with Crippen LogP contribution in [-0.2, 0) is 4.74 Å². The van der Waals surface area contributed by atoms with E-state index in [1.807, 2.05) is 31.2 Å². The maximum Gasteiger partial charge on any atom is 0.409 e. The molecular weight excluding hydrogens is 394 g/mol. The first kappa shape index (κ1) is 20.6. The Morgan fingerprint density at radius 2 is 1.72 bits per heavy atom. The molecule has 2 N–H and O–H groups in total. The number of urea groups is 1. The van der Waals surface area contributed by atoms with Gasteiger partial charge in [-0.25, -0.2) is 14.6 Å². The number of amides is 4. The number of anilines is 2. The van der Waals surface area contributed by atoms with Crippen molar-refractivity contribution in [1.29, 1.82) is 0 Å². The van der Waals surface area contributed by atoms with Crippen LogP contribution >= 0.6 is 11.3 Å². The molecule has 1 aromatic carbocycles. The zero-order chi connectivity index (χ0) is 20.8. The molecule has 3 rings (SSSR count). The van der Waals surface area contributed by atoms with Crippen molar-refractivity contribution in [3.8, 4) is 0 Å². The predicted molar refractivity (Wildman–Crippen MR) is 110 cm³/mol.